The first-order chi connectivity index (χ1) is 12.6. The maximum Gasteiger partial charge on any atom is 0.268 e. The van der Waals surface area contributed by atoms with Crippen molar-refractivity contribution in [2.24, 2.45) is 5.92 Å². The van der Waals surface area contributed by atoms with E-state index in [0.717, 1.165) is 22.2 Å². The van der Waals surface area contributed by atoms with Crippen LogP contribution < -0.4 is 5.32 Å². The number of halogens is 1. The Hall–Kier alpha value is -2.14. The van der Waals surface area contributed by atoms with Crippen molar-refractivity contribution >= 4 is 27.5 Å². The van der Waals surface area contributed by atoms with Gasteiger partial charge in [-0.2, -0.15) is 0 Å². The van der Waals surface area contributed by atoms with Crippen LogP contribution in [0.3, 0.4) is 0 Å². The van der Waals surface area contributed by atoms with E-state index in [1.54, 1.807) is 23.5 Å². The number of benzene rings is 1. The van der Waals surface area contributed by atoms with Gasteiger partial charge in [-0.05, 0) is 54.0 Å². The summed E-state index contributed by atoms with van der Waals surface area (Å²) < 4.78 is 16.4. The summed E-state index contributed by atoms with van der Waals surface area (Å²) in [6, 6.07) is 10.8. The molecule has 1 aromatic carbocycles. The first kappa shape index (κ1) is 17.3. The van der Waals surface area contributed by atoms with Crippen molar-refractivity contribution in [3.05, 3.63) is 58.9 Å². The maximum atomic E-state index is 13.2. The molecule has 0 bridgehead atoms. The SMILES string of the molecule is C[C@H]1CCCC[C@H]1NC(=O)c1cc2sccc2n1Cc1ccc(F)cc1. The van der Waals surface area contributed by atoms with Crippen molar-refractivity contribution in [2.75, 3.05) is 0 Å². The molecule has 1 aliphatic carbocycles. The molecule has 0 unspecified atom stereocenters. The molecule has 5 heteroatoms. The summed E-state index contributed by atoms with van der Waals surface area (Å²) >= 11 is 1.64. The molecule has 3 nitrogen and oxygen atoms in total. The van der Waals surface area contributed by atoms with E-state index < -0.39 is 0 Å². The standard InChI is InChI=1S/C21H23FN2OS/c1-14-4-2-3-5-17(14)23-21(25)19-12-20-18(10-11-26-20)24(19)13-15-6-8-16(22)9-7-15/h6-12,14,17H,2-5,13H2,1H3,(H,23,25)/t14-,17+/m0/s1. The van der Waals surface area contributed by atoms with Crippen molar-refractivity contribution in [1.82, 2.24) is 9.88 Å². The van der Waals surface area contributed by atoms with Gasteiger partial charge < -0.3 is 9.88 Å². The van der Waals surface area contributed by atoms with E-state index in [-0.39, 0.29) is 17.8 Å². The van der Waals surface area contributed by atoms with Gasteiger partial charge >= 0.3 is 0 Å². The van der Waals surface area contributed by atoms with Gasteiger partial charge in [0.05, 0.1) is 10.2 Å². The van der Waals surface area contributed by atoms with Gasteiger partial charge in [0, 0.05) is 12.6 Å². The molecule has 26 heavy (non-hydrogen) atoms. The van der Waals surface area contributed by atoms with E-state index in [1.165, 1.54) is 31.4 Å². The van der Waals surface area contributed by atoms with Crippen molar-refractivity contribution < 1.29 is 9.18 Å². The normalized spacial score (nSPS) is 20.4. The van der Waals surface area contributed by atoms with Gasteiger partial charge in [-0.3, -0.25) is 4.79 Å². The first-order valence-electron chi connectivity index (χ1n) is 9.24. The average molecular weight is 370 g/mol. The van der Waals surface area contributed by atoms with Gasteiger partial charge in [-0.25, -0.2) is 4.39 Å². The van der Waals surface area contributed by atoms with Gasteiger partial charge in [0.25, 0.3) is 5.91 Å². The highest BCUT2D eigenvalue weighted by atomic mass is 32.1. The number of hydrogen-bond acceptors (Lipinski definition) is 2. The zero-order chi connectivity index (χ0) is 18.1. The highest BCUT2D eigenvalue weighted by molar-refractivity contribution is 7.17. The molecule has 0 aliphatic heterocycles. The monoisotopic (exact) mass is 370 g/mol. The molecular weight excluding hydrogens is 347 g/mol. The highest BCUT2D eigenvalue weighted by Gasteiger charge is 2.25. The van der Waals surface area contributed by atoms with Crippen LogP contribution in [0.2, 0.25) is 0 Å². The van der Waals surface area contributed by atoms with Crippen molar-refractivity contribution in [2.45, 2.75) is 45.2 Å². The van der Waals surface area contributed by atoms with Crippen molar-refractivity contribution in [1.29, 1.82) is 0 Å². The van der Waals surface area contributed by atoms with Crippen LogP contribution in [0.15, 0.2) is 41.8 Å². The van der Waals surface area contributed by atoms with Crippen LogP contribution in [0.1, 0.15) is 48.7 Å². The Labute approximate surface area is 156 Å². The Morgan fingerprint density at radius 1 is 1.23 bits per heavy atom. The summed E-state index contributed by atoms with van der Waals surface area (Å²) in [5, 5.41) is 5.29. The lowest BCUT2D eigenvalue weighted by atomic mass is 9.86. The zero-order valence-electron chi connectivity index (χ0n) is 14.9. The molecule has 2 atom stereocenters. The van der Waals surface area contributed by atoms with E-state index in [4.69, 9.17) is 0 Å². The number of fused-ring (bicyclic) bond motifs is 1. The van der Waals surface area contributed by atoms with Crippen molar-refractivity contribution in [3.8, 4) is 0 Å². The van der Waals surface area contributed by atoms with Crippen LogP contribution in [-0.4, -0.2) is 16.5 Å². The molecule has 3 aromatic rings. The lowest BCUT2D eigenvalue weighted by molar-refractivity contribution is 0.0901. The third kappa shape index (κ3) is 3.40. The van der Waals surface area contributed by atoms with E-state index >= 15 is 0 Å². The third-order valence-corrected chi connectivity index (χ3v) is 6.29. The largest absolute Gasteiger partial charge is 0.348 e. The van der Waals surface area contributed by atoms with Gasteiger partial charge in [-0.1, -0.05) is 31.9 Å². The maximum absolute atomic E-state index is 13.2. The molecule has 0 spiro atoms. The second kappa shape index (κ2) is 7.23. The average Bonchev–Trinajstić information content (AvgIpc) is 3.21. The number of hydrogen-bond donors (Lipinski definition) is 1. The van der Waals surface area contributed by atoms with Crippen LogP contribution in [0.4, 0.5) is 4.39 Å². The van der Waals surface area contributed by atoms with E-state index in [0.29, 0.717) is 18.2 Å². The van der Waals surface area contributed by atoms with E-state index in [9.17, 15) is 9.18 Å². The third-order valence-electron chi connectivity index (χ3n) is 5.44. The molecular formula is C21H23FN2OS. The smallest absolute Gasteiger partial charge is 0.268 e. The van der Waals surface area contributed by atoms with Gasteiger partial charge in [-0.15, -0.1) is 11.3 Å². The summed E-state index contributed by atoms with van der Waals surface area (Å²) in [7, 11) is 0. The first-order valence-corrected chi connectivity index (χ1v) is 10.1. The number of rotatable bonds is 4. The lowest BCUT2D eigenvalue weighted by Crippen LogP contribution is -2.41. The molecule has 1 N–H and O–H groups in total. The van der Waals surface area contributed by atoms with Crippen LogP contribution in [-0.2, 0) is 6.54 Å². The molecule has 1 fully saturated rings. The summed E-state index contributed by atoms with van der Waals surface area (Å²) in [6.07, 6.45) is 4.67. The van der Waals surface area contributed by atoms with Crippen LogP contribution in [0.5, 0.6) is 0 Å². The number of aromatic nitrogens is 1. The van der Waals surface area contributed by atoms with Crippen molar-refractivity contribution in [3.63, 3.8) is 0 Å². The van der Waals surface area contributed by atoms with Crippen LogP contribution in [0, 0.1) is 11.7 Å². The predicted octanol–water partition coefficient (Wildman–Crippen LogP) is 5.20. The predicted molar refractivity (Wildman–Crippen MR) is 104 cm³/mol. The topological polar surface area (TPSA) is 34.0 Å². The van der Waals surface area contributed by atoms with E-state index in [2.05, 4.69) is 12.2 Å². The summed E-state index contributed by atoms with van der Waals surface area (Å²) in [6.45, 7) is 2.78. The van der Waals surface area contributed by atoms with Crippen LogP contribution in [0.25, 0.3) is 10.2 Å². The molecule has 1 amide bonds. The molecule has 136 valence electrons. The van der Waals surface area contributed by atoms with Crippen LogP contribution >= 0.6 is 11.3 Å². The highest BCUT2D eigenvalue weighted by Crippen LogP contribution is 2.28. The fraction of sp³-hybridized carbons (Fsp3) is 0.381. The number of carbonyl (C=O) groups excluding carboxylic acids is 1. The van der Waals surface area contributed by atoms with E-state index in [1.807, 2.05) is 22.1 Å². The Balaban J connectivity index is 1.62. The Morgan fingerprint density at radius 2 is 2.00 bits per heavy atom. The van der Waals surface area contributed by atoms with Gasteiger partial charge in [0.1, 0.15) is 11.5 Å². The minimum absolute atomic E-state index is 0.00531. The summed E-state index contributed by atoms with van der Waals surface area (Å²) in [5.74, 6) is 0.273. The molecule has 4 rings (SSSR count). The molecule has 2 heterocycles. The fourth-order valence-corrected chi connectivity index (χ4v) is 4.70. The molecule has 1 saturated carbocycles. The number of carbonyl (C=O) groups is 1. The Bertz CT molecular complexity index is 912. The molecule has 0 radical (unpaired) electrons. The summed E-state index contributed by atoms with van der Waals surface area (Å²) in [5.41, 5.74) is 2.73. The number of amides is 1. The second-order valence-electron chi connectivity index (χ2n) is 7.25. The van der Waals surface area contributed by atoms with Gasteiger partial charge in [0.2, 0.25) is 0 Å². The minimum atomic E-state index is -0.244. The number of thiophene rings is 1. The fourth-order valence-electron chi connectivity index (χ4n) is 3.88. The molecule has 1 aliphatic rings. The lowest BCUT2D eigenvalue weighted by Gasteiger charge is -2.29. The Morgan fingerprint density at radius 3 is 2.77 bits per heavy atom. The molecule has 2 aromatic heterocycles. The number of nitrogens with zero attached hydrogens (tertiary/aromatic N) is 1. The zero-order valence-corrected chi connectivity index (χ0v) is 15.7. The molecule has 0 saturated heterocycles. The number of nitrogens with one attached hydrogen (secondary N) is 1. The summed E-state index contributed by atoms with van der Waals surface area (Å²) in [4.78, 5) is 13.0. The van der Waals surface area contributed by atoms with Gasteiger partial charge in [0.15, 0.2) is 0 Å². The quantitative estimate of drug-likeness (QED) is 0.673. The minimum Gasteiger partial charge on any atom is -0.348 e. The second-order valence-corrected chi connectivity index (χ2v) is 8.20. The Kier molecular flexibility index (Phi) is 4.81.